The van der Waals surface area contributed by atoms with E-state index < -0.39 is 20.9 Å². The first-order chi connectivity index (χ1) is 13.9. The topological polar surface area (TPSA) is 130 Å². The molecule has 1 amide bonds. The summed E-state index contributed by atoms with van der Waals surface area (Å²) >= 11 is 0. The van der Waals surface area contributed by atoms with Gasteiger partial charge in [-0.15, -0.1) is 0 Å². The lowest BCUT2D eigenvalue weighted by molar-refractivity contribution is -0.384. The third-order valence-electron chi connectivity index (χ3n) is 4.78. The van der Waals surface area contributed by atoms with Crippen LogP contribution in [0.25, 0.3) is 0 Å². The van der Waals surface area contributed by atoms with Gasteiger partial charge in [0.2, 0.25) is 0 Å². The summed E-state index contributed by atoms with van der Waals surface area (Å²) in [7, 11) is -4.26. The molecule has 0 saturated carbocycles. The second-order valence-electron chi connectivity index (χ2n) is 6.81. The van der Waals surface area contributed by atoms with Crippen molar-refractivity contribution >= 4 is 27.3 Å². The van der Waals surface area contributed by atoms with Gasteiger partial charge in [-0.1, -0.05) is 18.2 Å². The van der Waals surface area contributed by atoms with Crippen LogP contribution in [-0.2, 0) is 10.0 Å². The highest BCUT2D eigenvalue weighted by atomic mass is 32.2. The molecule has 0 bridgehead atoms. The first-order valence-corrected chi connectivity index (χ1v) is 10.7. The Morgan fingerprint density at radius 3 is 2.48 bits per heavy atom. The van der Waals surface area contributed by atoms with Crippen molar-refractivity contribution in [3.8, 4) is 0 Å². The molecule has 29 heavy (non-hydrogen) atoms. The van der Waals surface area contributed by atoms with E-state index in [4.69, 9.17) is 0 Å². The number of rotatable bonds is 7. The number of nitro groups is 1. The Hall–Kier alpha value is -2.98. The molecule has 3 rings (SSSR count). The van der Waals surface area contributed by atoms with E-state index in [1.165, 1.54) is 24.3 Å². The fourth-order valence-corrected chi connectivity index (χ4v) is 4.14. The van der Waals surface area contributed by atoms with E-state index >= 15 is 0 Å². The lowest BCUT2D eigenvalue weighted by Gasteiger charge is -2.23. The number of hydrogen-bond donors (Lipinski definition) is 3. The maximum Gasteiger partial charge on any atom is 0.293 e. The Morgan fingerprint density at radius 2 is 1.83 bits per heavy atom. The molecule has 0 radical (unpaired) electrons. The van der Waals surface area contributed by atoms with E-state index in [-0.39, 0.29) is 21.8 Å². The third kappa shape index (κ3) is 5.30. The van der Waals surface area contributed by atoms with Gasteiger partial charge in [0, 0.05) is 18.2 Å². The number of sulfonamides is 1. The van der Waals surface area contributed by atoms with Crippen molar-refractivity contribution in [2.24, 2.45) is 5.92 Å². The number of nitro benzene ring substituents is 1. The molecule has 2 aromatic carbocycles. The minimum atomic E-state index is -4.26. The van der Waals surface area contributed by atoms with Crippen LogP contribution in [0.2, 0.25) is 0 Å². The maximum absolute atomic E-state index is 12.5. The predicted octanol–water partition coefficient (Wildman–Crippen LogP) is 2.12. The zero-order valence-corrected chi connectivity index (χ0v) is 16.4. The van der Waals surface area contributed by atoms with Crippen LogP contribution in [0.3, 0.4) is 0 Å². The molecule has 2 aromatic rings. The molecule has 1 saturated heterocycles. The number of benzene rings is 2. The second kappa shape index (κ2) is 9.01. The lowest BCUT2D eigenvalue weighted by Crippen LogP contribution is -2.31. The zero-order valence-electron chi connectivity index (χ0n) is 15.6. The van der Waals surface area contributed by atoms with E-state index in [1.54, 1.807) is 18.2 Å². The minimum absolute atomic E-state index is 0.172. The molecule has 0 unspecified atom stereocenters. The Bertz CT molecular complexity index is 989. The summed E-state index contributed by atoms with van der Waals surface area (Å²) in [5.41, 5.74) is 0.0710. The summed E-state index contributed by atoms with van der Waals surface area (Å²) in [6.45, 7) is 2.39. The van der Waals surface area contributed by atoms with Crippen molar-refractivity contribution in [2.75, 3.05) is 25.0 Å². The Morgan fingerprint density at radius 1 is 1.14 bits per heavy atom. The molecule has 0 aromatic heterocycles. The number of piperidine rings is 1. The zero-order chi connectivity index (χ0) is 20.9. The normalized spacial score (nSPS) is 14.9. The third-order valence-corrected chi connectivity index (χ3v) is 6.11. The van der Waals surface area contributed by atoms with Crippen molar-refractivity contribution in [3.05, 3.63) is 64.2 Å². The molecule has 9 nitrogen and oxygen atoms in total. The van der Waals surface area contributed by atoms with Crippen LogP contribution < -0.4 is 15.4 Å². The summed E-state index contributed by atoms with van der Waals surface area (Å²) in [5, 5.41) is 17.8. The molecule has 10 heteroatoms. The number of anilines is 1. The van der Waals surface area contributed by atoms with Gasteiger partial charge in [0.1, 0.15) is 5.69 Å². The van der Waals surface area contributed by atoms with E-state index in [9.17, 15) is 23.3 Å². The number of nitrogens with one attached hydrogen (secondary N) is 3. The number of hydrogen-bond acceptors (Lipinski definition) is 7. The lowest BCUT2D eigenvalue weighted by atomic mass is 9.98. The van der Waals surface area contributed by atoms with Crippen molar-refractivity contribution < 1.29 is 18.1 Å². The molecule has 0 spiro atoms. The largest absolute Gasteiger partial charge is 0.379 e. The number of nitrogens with zero attached hydrogens (tertiary/aromatic N) is 1. The van der Waals surface area contributed by atoms with Crippen molar-refractivity contribution in [1.82, 2.24) is 10.0 Å². The average Bonchev–Trinajstić information content (AvgIpc) is 2.73. The highest BCUT2D eigenvalue weighted by molar-refractivity contribution is 7.90. The van der Waals surface area contributed by atoms with Crippen molar-refractivity contribution in [2.45, 2.75) is 17.7 Å². The summed E-state index contributed by atoms with van der Waals surface area (Å²) in [5.74, 6) is -0.411. The number of amides is 1. The van der Waals surface area contributed by atoms with E-state index in [1.807, 2.05) is 4.72 Å². The molecule has 0 aliphatic carbocycles. The summed E-state index contributed by atoms with van der Waals surface area (Å²) in [4.78, 5) is 22.6. The molecule has 1 aliphatic heterocycles. The molecule has 1 aliphatic rings. The van der Waals surface area contributed by atoms with Crippen LogP contribution in [-0.4, -0.2) is 38.9 Å². The molecule has 154 valence electrons. The monoisotopic (exact) mass is 418 g/mol. The van der Waals surface area contributed by atoms with Crippen LogP contribution in [0.15, 0.2) is 53.4 Å². The van der Waals surface area contributed by atoms with Gasteiger partial charge in [0.05, 0.1) is 9.82 Å². The first kappa shape index (κ1) is 20.7. The van der Waals surface area contributed by atoms with Crippen LogP contribution >= 0.6 is 0 Å². The summed E-state index contributed by atoms with van der Waals surface area (Å²) in [6, 6.07) is 11.4. The van der Waals surface area contributed by atoms with Gasteiger partial charge in [-0.3, -0.25) is 14.9 Å². The first-order valence-electron chi connectivity index (χ1n) is 9.22. The van der Waals surface area contributed by atoms with Crippen molar-refractivity contribution in [1.29, 1.82) is 0 Å². The SMILES string of the molecule is O=C(NS(=O)(=O)c1ccc(NCC2CCNCC2)c([N+](=O)[O-])c1)c1ccccc1. The molecule has 3 N–H and O–H groups in total. The molecule has 0 atom stereocenters. The van der Waals surface area contributed by atoms with Gasteiger partial charge < -0.3 is 10.6 Å². The van der Waals surface area contributed by atoms with E-state index in [2.05, 4.69) is 10.6 Å². The number of carbonyl (C=O) groups excluding carboxylic acids is 1. The maximum atomic E-state index is 12.5. The summed E-state index contributed by atoms with van der Waals surface area (Å²) < 4.78 is 27.0. The summed E-state index contributed by atoms with van der Waals surface area (Å²) in [6.07, 6.45) is 1.94. The van der Waals surface area contributed by atoms with E-state index in [0.717, 1.165) is 32.0 Å². The smallest absolute Gasteiger partial charge is 0.293 e. The van der Waals surface area contributed by atoms with Gasteiger partial charge >= 0.3 is 0 Å². The Labute approximate surface area is 168 Å². The van der Waals surface area contributed by atoms with E-state index in [0.29, 0.717) is 12.5 Å². The molecular weight excluding hydrogens is 396 g/mol. The fraction of sp³-hybridized carbons (Fsp3) is 0.316. The highest BCUT2D eigenvalue weighted by Crippen LogP contribution is 2.28. The van der Waals surface area contributed by atoms with Crippen LogP contribution in [0.5, 0.6) is 0 Å². The second-order valence-corrected chi connectivity index (χ2v) is 8.49. The van der Waals surface area contributed by atoms with Gasteiger partial charge in [0.25, 0.3) is 21.6 Å². The Balaban J connectivity index is 1.77. The van der Waals surface area contributed by atoms with Crippen LogP contribution in [0, 0.1) is 16.0 Å². The molecular formula is C19H22N4O5S. The van der Waals surface area contributed by atoms with Gasteiger partial charge in [-0.25, -0.2) is 13.1 Å². The van der Waals surface area contributed by atoms with Gasteiger partial charge in [-0.2, -0.15) is 0 Å². The fourth-order valence-electron chi connectivity index (χ4n) is 3.15. The Kier molecular flexibility index (Phi) is 6.45. The standard InChI is InChI=1S/C19H22N4O5S/c24-19(15-4-2-1-3-5-15)22-29(27,28)16-6-7-17(18(12-16)23(25)26)21-13-14-8-10-20-11-9-14/h1-7,12,14,20-21H,8-11,13H2,(H,22,24). The van der Waals surface area contributed by atoms with Crippen LogP contribution in [0.4, 0.5) is 11.4 Å². The molecule has 1 heterocycles. The number of carbonyl (C=O) groups is 1. The predicted molar refractivity (Wildman–Crippen MR) is 108 cm³/mol. The van der Waals surface area contributed by atoms with Gasteiger partial charge in [0.15, 0.2) is 0 Å². The van der Waals surface area contributed by atoms with Crippen LogP contribution in [0.1, 0.15) is 23.2 Å². The van der Waals surface area contributed by atoms with Crippen molar-refractivity contribution in [3.63, 3.8) is 0 Å². The average molecular weight is 418 g/mol. The quantitative estimate of drug-likeness (QED) is 0.464. The minimum Gasteiger partial charge on any atom is -0.379 e. The highest BCUT2D eigenvalue weighted by Gasteiger charge is 2.24. The molecule has 1 fully saturated rings. The van der Waals surface area contributed by atoms with Gasteiger partial charge in [-0.05, 0) is 56.1 Å².